The molecule has 37 N–H and O–H groups in total. The van der Waals surface area contributed by atoms with E-state index in [0.717, 1.165) is 14.7 Å². The lowest BCUT2D eigenvalue weighted by molar-refractivity contribution is -0.326. The van der Waals surface area contributed by atoms with Gasteiger partial charge in [0.05, 0.1) is 110 Å². The third-order valence-corrected chi connectivity index (χ3v) is 21.3. The van der Waals surface area contributed by atoms with Crippen molar-refractivity contribution < 1.29 is 279 Å². The fourth-order valence-electron chi connectivity index (χ4n) is 13.3. The molecule has 6 amide bonds. The van der Waals surface area contributed by atoms with Crippen LogP contribution in [0.3, 0.4) is 0 Å². The Morgan fingerprint density at radius 3 is 0.695 bits per heavy atom. The molecule has 0 saturated carbocycles. The van der Waals surface area contributed by atoms with Crippen LogP contribution in [-0.2, 0) is 100 Å². The molecule has 0 aromatic heterocycles. The predicted octanol–water partition coefficient (Wildman–Crippen LogP) is -26.9. The molecular weight excluding hydrogens is 1940 g/mol. The van der Waals surface area contributed by atoms with Gasteiger partial charge < -0.3 is 247 Å². The van der Waals surface area contributed by atoms with Crippen molar-refractivity contribution in [1.82, 2.24) is 35.1 Å². The molecule has 67 heteroatoms. The summed E-state index contributed by atoms with van der Waals surface area (Å²) >= 11 is 0. The summed E-state index contributed by atoms with van der Waals surface area (Å²) in [6.07, 6.45) is -73.6. The summed E-state index contributed by atoms with van der Waals surface area (Å²) in [5, 5.41) is 377. The van der Waals surface area contributed by atoms with Crippen LogP contribution in [-0.4, -0.2) is 666 Å². The molecule has 0 aliphatic carbocycles. The fourth-order valence-corrected chi connectivity index (χ4v) is 13.3. The molecule has 4 heterocycles. The second-order valence-electron chi connectivity index (χ2n) is 31.7. The molecule has 0 radical (unpaired) electrons. The summed E-state index contributed by atoms with van der Waals surface area (Å²) in [6.45, 7) is -23.9. The Kier molecular flexibility index (Phi) is 56.1. The van der Waals surface area contributed by atoms with Crippen LogP contribution in [0.15, 0.2) is 20.6 Å². The van der Waals surface area contributed by atoms with E-state index in [1.54, 1.807) is 0 Å². The molecule has 814 valence electrons. The normalized spacial score (nSPS) is 28.7. The zero-order chi connectivity index (χ0) is 106. The molecule has 36 atom stereocenters. The molecular formula is C74H127N11O56. The van der Waals surface area contributed by atoms with Crippen molar-refractivity contribution in [3.8, 4) is 0 Å². The molecule has 4 aliphatic rings. The van der Waals surface area contributed by atoms with Gasteiger partial charge in [-0.15, -0.1) is 0 Å². The molecule has 4 rings (SSSR count). The number of carbonyl (C=O) groups excluding carboxylic acids is 6. The number of aliphatic carboxylic acids is 3. The standard InChI is InChI=1S/C74H127N11O56/c86-18-34(98)67(138-71-63(126)59(122)55(118)38(22-90)134-71)51(114)30(94)9-77-130-26-44(104)84(45(105)27-131-78-10-31(95)52(115)68(35(99)19-87)139-72-64(127)60(123)56(119)39(23-91)135-72)3-1-75-42(102)13-82(16-49(110)111)7-5-81(15-48(108)109)6-8-83(17-50(112)113)14-43(103)76-2-4-85(46(106)28-132-79-11-32(96)53(116)69(36(100)20-88)140-73-65(128)61(124)57(120)40(24-92)136-73)47(107)29-133-80-12-33(97)54(117)70(37(101)21-89)141-74-66(129)62(125)58(121)41(25-93)137-74/h9-12,30-41,51-74,86-101,114-129H,1-8,13-29H2,(H,75,102)(H,76,103)(H,108,109)(H,110,111)(H,112,113)/b77-9-,78-10+,79-11+,80-12+/t30?,31?,32?,33?,34?,35?,36?,37?,38?,39?,40?,41?,51-,52-,53-,54+,55?,56?,57?,58?,59?,60?,61?,62?,63?,64?,65?,66?,67-,68+,69+,70+,71?,72?,73?,74?/m0/s1. The van der Waals surface area contributed by atoms with Crippen molar-refractivity contribution >= 4 is 78.2 Å². The smallest absolute Gasteiger partial charge is 0.317 e. The predicted molar refractivity (Wildman–Crippen MR) is 444 cm³/mol. The van der Waals surface area contributed by atoms with Crippen molar-refractivity contribution in [2.24, 2.45) is 20.6 Å². The van der Waals surface area contributed by atoms with Crippen LogP contribution in [0.5, 0.6) is 0 Å². The summed E-state index contributed by atoms with van der Waals surface area (Å²) in [5.74, 6) is -12.5. The molecule has 67 nitrogen and oxygen atoms in total. The van der Waals surface area contributed by atoms with E-state index in [0.29, 0.717) is 24.9 Å². The number of hydrogen-bond donors (Lipinski definition) is 37. The van der Waals surface area contributed by atoms with Crippen molar-refractivity contribution in [3.63, 3.8) is 0 Å². The lowest BCUT2D eigenvalue weighted by Crippen LogP contribution is -2.61. The fraction of sp³-hybridized carbons (Fsp3) is 0.824. The minimum Gasteiger partial charge on any atom is -0.480 e. The monoisotopic (exact) mass is 2070 g/mol. The van der Waals surface area contributed by atoms with Crippen LogP contribution in [0.25, 0.3) is 0 Å². The van der Waals surface area contributed by atoms with E-state index in [2.05, 4.69) is 31.3 Å². The molecule has 4 aliphatic heterocycles. The molecule has 0 spiro atoms. The first-order valence-electron chi connectivity index (χ1n) is 42.6. The van der Waals surface area contributed by atoms with Crippen molar-refractivity contribution in [1.29, 1.82) is 0 Å². The van der Waals surface area contributed by atoms with Gasteiger partial charge in [0.1, 0.15) is 195 Å². The molecule has 0 bridgehead atoms. The summed E-state index contributed by atoms with van der Waals surface area (Å²) in [6, 6.07) is 0. The first-order valence-corrected chi connectivity index (χ1v) is 42.6. The number of aliphatic hydroxyl groups excluding tert-OH is 32. The van der Waals surface area contributed by atoms with Crippen LogP contribution < -0.4 is 10.6 Å². The van der Waals surface area contributed by atoms with Gasteiger partial charge >= 0.3 is 17.9 Å². The van der Waals surface area contributed by atoms with Crippen molar-refractivity contribution in [3.05, 3.63) is 0 Å². The lowest BCUT2D eigenvalue weighted by Gasteiger charge is -2.42. The van der Waals surface area contributed by atoms with Gasteiger partial charge in [-0.05, 0) is 0 Å². The number of nitrogens with zero attached hydrogens (tertiary/aromatic N) is 9. The number of ether oxygens (including phenoxy) is 8. The number of rotatable bonds is 66. The Labute approximate surface area is 795 Å². The molecule has 4 fully saturated rings. The molecule has 0 aromatic rings. The van der Waals surface area contributed by atoms with Gasteiger partial charge in [-0.2, -0.15) is 0 Å². The number of carbonyl (C=O) groups is 9. The van der Waals surface area contributed by atoms with Gasteiger partial charge in [-0.25, -0.2) is 0 Å². The van der Waals surface area contributed by atoms with E-state index in [1.165, 1.54) is 0 Å². The average molecular weight is 2070 g/mol. The van der Waals surface area contributed by atoms with Crippen LogP contribution in [0, 0.1) is 0 Å². The summed E-state index contributed by atoms with van der Waals surface area (Å²) in [7, 11) is 0. The van der Waals surface area contributed by atoms with Crippen LogP contribution >= 0.6 is 0 Å². The minimum absolute atomic E-state index is 0.276. The largest absolute Gasteiger partial charge is 0.480 e. The maximum Gasteiger partial charge on any atom is 0.317 e. The number of amides is 6. The Bertz CT molecular complexity index is 3440. The quantitative estimate of drug-likeness (QED) is 0.0199. The number of carboxylic acids is 3. The number of hydrogen-bond acceptors (Lipinski definition) is 60. The highest BCUT2D eigenvalue weighted by Crippen LogP contribution is 2.31. The van der Waals surface area contributed by atoms with E-state index < -0.39 is 438 Å². The third kappa shape index (κ3) is 39.3. The number of aliphatic hydroxyl groups is 32. The van der Waals surface area contributed by atoms with E-state index in [9.17, 15) is 222 Å². The van der Waals surface area contributed by atoms with Crippen LogP contribution in [0.4, 0.5) is 0 Å². The Hall–Kier alpha value is -8.21. The molecule has 4 saturated heterocycles. The first-order chi connectivity index (χ1) is 66.5. The van der Waals surface area contributed by atoms with E-state index in [-0.39, 0.29) is 9.80 Å². The Morgan fingerprint density at radius 2 is 0.496 bits per heavy atom. The molecule has 141 heavy (non-hydrogen) atoms. The number of imide groups is 2. The maximum atomic E-state index is 13.7. The SMILES string of the molecule is O=C(O)CN(CCN(CC(=O)O)CC(=O)NCCN(C(=O)CO/N=C\C(O)[C@H](O)[C@@H](OC1OC(CO)C(O)C(O)C1O)C(O)CO)C(=O)CO/N=C/C(O)[C@H](O)[C@H](OC1OC(CO)C(O)C(O)C1O)C(O)CO)CCN(CC(=O)O)CC(=O)NCCN(C(=O)CO/N=C/C(O)[C@@H](O)[C@H](OC1OC(CO)C(O)C(O)C1O)C(O)CO)C(=O)CO/N=C/C(O)[C@H](O)[C@H](OC1OC(CO)C(O)C(O)C1O)C(O)CO. The van der Waals surface area contributed by atoms with Gasteiger partial charge in [0, 0.05) is 52.4 Å². The Balaban J connectivity index is 1.52. The van der Waals surface area contributed by atoms with Crippen LogP contribution in [0.2, 0.25) is 0 Å². The number of nitrogens with one attached hydrogen (secondary N) is 2. The zero-order valence-corrected chi connectivity index (χ0v) is 74.5. The highest BCUT2D eigenvalue weighted by Gasteiger charge is 2.52. The number of carboxylic acid groups (broad SMARTS) is 3. The van der Waals surface area contributed by atoms with Crippen molar-refractivity contribution in [2.45, 2.75) is 220 Å². The van der Waals surface area contributed by atoms with Gasteiger partial charge in [0.2, 0.25) is 11.8 Å². The second kappa shape index (κ2) is 63.3. The lowest BCUT2D eigenvalue weighted by atomic mass is 9.98. The van der Waals surface area contributed by atoms with E-state index in [1.807, 2.05) is 0 Å². The topological polar surface area (TPSA) is 1060 Å². The van der Waals surface area contributed by atoms with Gasteiger partial charge in [0.15, 0.2) is 51.6 Å². The summed E-state index contributed by atoms with van der Waals surface area (Å²) < 4.78 is 42.0. The first kappa shape index (κ1) is 125. The minimum atomic E-state index is -2.38. The average Bonchev–Trinajstić information content (AvgIpc) is 0.815. The van der Waals surface area contributed by atoms with Gasteiger partial charge in [-0.1, -0.05) is 20.6 Å². The van der Waals surface area contributed by atoms with E-state index in [4.69, 9.17) is 57.2 Å². The number of oxime groups is 4. The summed E-state index contributed by atoms with van der Waals surface area (Å²) in [4.78, 5) is 142. The maximum absolute atomic E-state index is 13.7. The second-order valence-corrected chi connectivity index (χ2v) is 31.7. The van der Waals surface area contributed by atoms with Crippen LogP contribution in [0.1, 0.15) is 0 Å². The van der Waals surface area contributed by atoms with E-state index >= 15 is 0 Å². The summed E-state index contributed by atoms with van der Waals surface area (Å²) in [5.41, 5.74) is 0. The third-order valence-electron chi connectivity index (χ3n) is 21.3. The molecule has 0 aromatic carbocycles. The van der Waals surface area contributed by atoms with Gasteiger partial charge in [-0.3, -0.25) is 67.7 Å². The van der Waals surface area contributed by atoms with Crippen molar-refractivity contribution in [2.75, 3.05) is 164 Å². The highest BCUT2D eigenvalue weighted by atomic mass is 16.7. The molecule has 28 unspecified atom stereocenters. The van der Waals surface area contributed by atoms with Gasteiger partial charge in [0.25, 0.3) is 23.6 Å². The Morgan fingerprint density at radius 1 is 0.291 bits per heavy atom. The highest BCUT2D eigenvalue weighted by molar-refractivity contribution is 5.97. The zero-order valence-electron chi connectivity index (χ0n) is 74.5.